The number of rotatable bonds is 5. The summed E-state index contributed by atoms with van der Waals surface area (Å²) in [4.78, 5) is 4.74. The molecule has 1 saturated heterocycles. The van der Waals surface area contributed by atoms with Crippen LogP contribution in [-0.2, 0) is 0 Å². The Bertz CT molecular complexity index is 385. The summed E-state index contributed by atoms with van der Waals surface area (Å²) in [5, 5.41) is 0. The maximum Gasteiger partial charge on any atom is 0.0388 e. The number of benzene rings is 1. The number of nitrogens with zero attached hydrogens (tertiary/aromatic N) is 2. The third-order valence-corrected chi connectivity index (χ3v) is 4.19. The summed E-state index contributed by atoms with van der Waals surface area (Å²) in [6.07, 6.45) is 2.44. The number of hydrogen-bond acceptors (Lipinski definition) is 3. The van der Waals surface area contributed by atoms with E-state index in [1.807, 2.05) is 0 Å². The van der Waals surface area contributed by atoms with E-state index in [1.54, 1.807) is 0 Å². The summed E-state index contributed by atoms with van der Waals surface area (Å²) < 4.78 is 0. The van der Waals surface area contributed by atoms with Crippen molar-refractivity contribution in [3.63, 3.8) is 0 Å². The zero-order valence-corrected chi connectivity index (χ0v) is 12.5. The second kappa shape index (κ2) is 6.40. The molecule has 1 fully saturated rings. The average molecular weight is 261 g/mol. The lowest BCUT2D eigenvalue weighted by Gasteiger charge is -2.28. The van der Waals surface area contributed by atoms with Crippen LogP contribution in [-0.4, -0.2) is 38.6 Å². The molecule has 1 aliphatic rings. The van der Waals surface area contributed by atoms with Gasteiger partial charge in [0.15, 0.2) is 0 Å². The van der Waals surface area contributed by atoms with Gasteiger partial charge in [-0.05, 0) is 56.1 Å². The summed E-state index contributed by atoms with van der Waals surface area (Å²) in [7, 11) is 4.16. The van der Waals surface area contributed by atoms with Gasteiger partial charge in [-0.25, -0.2) is 0 Å². The molecule has 3 heteroatoms. The van der Waals surface area contributed by atoms with Crippen LogP contribution in [0.2, 0.25) is 0 Å². The van der Waals surface area contributed by atoms with Crippen LogP contribution >= 0.6 is 0 Å². The van der Waals surface area contributed by atoms with E-state index in [0.717, 1.165) is 6.54 Å². The van der Waals surface area contributed by atoms with Gasteiger partial charge in [0.1, 0.15) is 0 Å². The van der Waals surface area contributed by atoms with E-state index in [2.05, 4.69) is 55.1 Å². The molecule has 0 spiro atoms. The highest BCUT2D eigenvalue weighted by molar-refractivity contribution is 5.46. The Balaban J connectivity index is 2.20. The molecule has 19 heavy (non-hydrogen) atoms. The van der Waals surface area contributed by atoms with E-state index in [1.165, 1.54) is 37.2 Å². The molecule has 2 atom stereocenters. The first kappa shape index (κ1) is 14.4. The number of likely N-dealkylation sites (tertiary alicyclic amines) is 1. The minimum absolute atomic E-state index is 0.515. The normalized spacial score (nSPS) is 23.8. The summed E-state index contributed by atoms with van der Waals surface area (Å²) in [5.41, 5.74) is 8.64. The fourth-order valence-electron chi connectivity index (χ4n) is 3.16. The van der Waals surface area contributed by atoms with E-state index < -0.39 is 0 Å². The molecule has 1 aromatic carbocycles. The number of hydrogen-bond donors (Lipinski definition) is 1. The molecule has 0 bridgehead atoms. The molecule has 106 valence electrons. The van der Waals surface area contributed by atoms with Crippen molar-refractivity contribution in [3.8, 4) is 0 Å². The first-order chi connectivity index (χ1) is 9.17. The highest BCUT2D eigenvalue weighted by Gasteiger charge is 2.33. The molecule has 1 heterocycles. The number of nitrogens with two attached hydrogens (primary N) is 1. The molecule has 1 aromatic rings. The third-order valence-electron chi connectivity index (χ3n) is 4.19. The Morgan fingerprint density at radius 1 is 1.26 bits per heavy atom. The average Bonchev–Trinajstić information content (AvgIpc) is 2.82. The second-order valence-electron chi connectivity index (χ2n) is 5.75. The predicted octanol–water partition coefficient (Wildman–Crippen LogP) is 2.48. The van der Waals surface area contributed by atoms with Gasteiger partial charge in [-0.3, -0.25) is 4.90 Å². The zero-order valence-electron chi connectivity index (χ0n) is 12.5. The lowest BCUT2D eigenvalue weighted by atomic mass is 9.93. The van der Waals surface area contributed by atoms with Crippen molar-refractivity contribution in [2.24, 2.45) is 11.7 Å². The van der Waals surface area contributed by atoms with Crippen molar-refractivity contribution in [3.05, 3.63) is 29.8 Å². The summed E-state index contributed by atoms with van der Waals surface area (Å²) in [5.74, 6) is 0.608. The maximum atomic E-state index is 5.96. The molecule has 2 N–H and O–H groups in total. The Morgan fingerprint density at radius 3 is 2.47 bits per heavy atom. The lowest BCUT2D eigenvalue weighted by molar-refractivity contribution is 0.230. The molecule has 2 rings (SSSR count). The fourth-order valence-corrected chi connectivity index (χ4v) is 3.16. The second-order valence-corrected chi connectivity index (χ2v) is 5.75. The molecule has 1 aliphatic heterocycles. The van der Waals surface area contributed by atoms with Gasteiger partial charge in [0.05, 0.1) is 0 Å². The SMILES string of the molecule is CCCN1CCC(CN)C1c1ccc(N(C)C)cc1. The monoisotopic (exact) mass is 261 g/mol. The smallest absolute Gasteiger partial charge is 0.0388 e. The van der Waals surface area contributed by atoms with E-state index >= 15 is 0 Å². The van der Waals surface area contributed by atoms with E-state index in [0.29, 0.717) is 12.0 Å². The van der Waals surface area contributed by atoms with Gasteiger partial charge in [-0.2, -0.15) is 0 Å². The predicted molar refractivity (Wildman–Crippen MR) is 82.5 cm³/mol. The van der Waals surface area contributed by atoms with E-state index in [4.69, 9.17) is 5.73 Å². The molecule has 0 aromatic heterocycles. The minimum atomic E-state index is 0.515. The highest BCUT2D eigenvalue weighted by Crippen LogP contribution is 2.37. The van der Waals surface area contributed by atoms with Crippen molar-refractivity contribution in [1.82, 2.24) is 4.90 Å². The van der Waals surface area contributed by atoms with Crippen LogP contribution in [0, 0.1) is 5.92 Å². The van der Waals surface area contributed by atoms with Crippen molar-refractivity contribution in [2.75, 3.05) is 38.6 Å². The molecule has 3 nitrogen and oxygen atoms in total. The Kier molecular flexibility index (Phi) is 4.83. The molecular weight excluding hydrogens is 234 g/mol. The van der Waals surface area contributed by atoms with Crippen LogP contribution in [0.4, 0.5) is 5.69 Å². The quantitative estimate of drug-likeness (QED) is 0.884. The Hall–Kier alpha value is -1.06. The van der Waals surface area contributed by atoms with Crippen LogP contribution in [0.3, 0.4) is 0 Å². The van der Waals surface area contributed by atoms with Crippen LogP contribution in [0.15, 0.2) is 24.3 Å². The van der Waals surface area contributed by atoms with Gasteiger partial charge < -0.3 is 10.6 Å². The minimum Gasteiger partial charge on any atom is -0.378 e. The Labute approximate surface area is 117 Å². The van der Waals surface area contributed by atoms with Gasteiger partial charge in [-0.15, -0.1) is 0 Å². The third kappa shape index (κ3) is 3.10. The van der Waals surface area contributed by atoms with Crippen LogP contribution < -0.4 is 10.6 Å². The molecule has 2 unspecified atom stereocenters. The van der Waals surface area contributed by atoms with Crippen LogP contribution in [0.1, 0.15) is 31.4 Å². The van der Waals surface area contributed by atoms with Crippen molar-refractivity contribution < 1.29 is 0 Å². The first-order valence-electron chi connectivity index (χ1n) is 7.38. The fraction of sp³-hybridized carbons (Fsp3) is 0.625. The molecule has 0 saturated carbocycles. The van der Waals surface area contributed by atoms with E-state index in [9.17, 15) is 0 Å². The molecular formula is C16H27N3. The lowest BCUT2D eigenvalue weighted by Crippen LogP contribution is -2.28. The molecule has 0 radical (unpaired) electrons. The topological polar surface area (TPSA) is 32.5 Å². The Morgan fingerprint density at radius 2 is 1.95 bits per heavy atom. The summed E-state index contributed by atoms with van der Waals surface area (Å²) in [6.45, 7) is 5.41. The highest BCUT2D eigenvalue weighted by atomic mass is 15.2. The van der Waals surface area contributed by atoms with Crippen molar-refractivity contribution in [1.29, 1.82) is 0 Å². The van der Waals surface area contributed by atoms with Crippen LogP contribution in [0.5, 0.6) is 0 Å². The molecule has 0 amide bonds. The van der Waals surface area contributed by atoms with Crippen molar-refractivity contribution in [2.45, 2.75) is 25.8 Å². The van der Waals surface area contributed by atoms with Gasteiger partial charge in [0.2, 0.25) is 0 Å². The van der Waals surface area contributed by atoms with Gasteiger partial charge in [-0.1, -0.05) is 19.1 Å². The molecule has 0 aliphatic carbocycles. The summed E-state index contributed by atoms with van der Waals surface area (Å²) in [6, 6.07) is 9.49. The van der Waals surface area contributed by atoms with Crippen molar-refractivity contribution >= 4 is 5.69 Å². The summed E-state index contributed by atoms with van der Waals surface area (Å²) >= 11 is 0. The zero-order chi connectivity index (χ0) is 13.8. The maximum absolute atomic E-state index is 5.96. The van der Waals surface area contributed by atoms with Crippen LogP contribution in [0.25, 0.3) is 0 Å². The van der Waals surface area contributed by atoms with E-state index in [-0.39, 0.29) is 0 Å². The van der Waals surface area contributed by atoms with Gasteiger partial charge in [0.25, 0.3) is 0 Å². The van der Waals surface area contributed by atoms with Gasteiger partial charge >= 0.3 is 0 Å². The first-order valence-corrected chi connectivity index (χ1v) is 7.38. The standard InChI is InChI=1S/C16H27N3/c1-4-10-19-11-9-14(12-17)16(19)13-5-7-15(8-6-13)18(2)3/h5-8,14,16H,4,9-12,17H2,1-3H3. The van der Waals surface area contributed by atoms with Gasteiger partial charge in [0, 0.05) is 25.8 Å². The largest absolute Gasteiger partial charge is 0.378 e. The number of anilines is 1.